The van der Waals surface area contributed by atoms with Crippen LogP contribution in [0.5, 0.6) is 0 Å². The third-order valence-corrected chi connectivity index (χ3v) is 6.05. The fourth-order valence-electron chi connectivity index (χ4n) is 4.34. The number of rotatable bonds is 5. The van der Waals surface area contributed by atoms with Crippen molar-refractivity contribution in [2.24, 2.45) is 11.7 Å². The minimum atomic E-state index is -5.41. The number of alkyl halides is 3. The first kappa shape index (κ1) is 26.1. The Morgan fingerprint density at radius 2 is 1.86 bits per heavy atom. The smallest absolute Gasteiger partial charge is 0.366 e. The standard InChI is InChI=1S/C23H22F5N5O4/c1-31-6-2-3-12(10-31)21(35)30-18-5-4-15(9-17(18)25)32-11-13-7-14(24)8-16(20(29)34)19(13)33(32)37-22(36)23(26,27)28/h4-5,7-9,12H,2-3,6,10-11H2,1H3,(H2,29,34)(H,30,35)/t12-/m1/s1. The molecule has 2 aromatic rings. The molecular weight excluding hydrogens is 505 g/mol. The molecule has 14 heteroatoms. The number of hydrazine groups is 1. The average Bonchev–Trinajstić information content (AvgIpc) is 3.16. The topological polar surface area (TPSA) is 108 Å². The van der Waals surface area contributed by atoms with Crippen LogP contribution in [0, 0.1) is 17.6 Å². The lowest BCUT2D eigenvalue weighted by atomic mass is 9.97. The van der Waals surface area contributed by atoms with Crippen molar-refractivity contribution in [2.75, 3.05) is 35.6 Å². The van der Waals surface area contributed by atoms with E-state index < -0.39 is 47.5 Å². The van der Waals surface area contributed by atoms with Gasteiger partial charge in [-0.2, -0.15) is 13.2 Å². The van der Waals surface area contributed by atoms with Crippen LogP contribution in [0.1, 0.15) is 28.8 Å². The molecule has 1 fully saturated rings. The van der Waals surface area contributed by atoms with Crippen molar-refractivity contribution in [3.8, 4) is 0 Å². The van der Waals surface area contributed by atoms with Crippen LogP contribution in [0.15, 0.2) is 30.3 Å². The van der Waals surface area contributed by atoms with Crippen LogP contribution in [0.3, 0.4) is 0 Å². The van der Waals surface area contributed by atoms with E-state index in [2.05, 4.69) is 10.2 Å². The molecule has 0 saturated carbocycles. The van der Waals surface area contributed by atoms with E-state index in [0.29, 0.717) is 24.2 Å². The van der Waals surface area contributed by atoms with Crippen LogP contribution in [0.2, 0.25) is 0 Å². The van der Waals surface area contributed by atoms with Crippen molar-refractivity contribution < 1.29 is 41.2 Å². The third kappa shape index (κ3) is 5.43. The summed E-state index contributed by atoms with van der Waals surface area (Å²) in [5.41, 5.74) is 4.00. The molecule has 0 aromatic heterocycles. The highest BCUT2D eigenvalue weighted by molar-refractivity contribution is 6.00. The van der Waals surface area contributed by atoms with E-state index in [0.717, 1.165) is 30.1 Å². The molecule has 0 aliphatic carbocycles. The van der Waals surface area contributed by atoms with Gasteiger partial charge in [-0.3, -0.25) is 9.59 Å². The van der Waals surface area contributed by atoms with Crippen molar-refractivity contribution in [2.45, 2.75) is 25.6 Å². The average molecular weight is 527 g/mol. The molecule has 37 heavy (non-hydrogen) atoms. The Morgan fingerprint density at radius 3 is 2.49 bits per heavy atom. The number of nitrogens with zero attached hydrogens (tertiary/aromatic N) is 3. The van der Waals surface area contributed by atoms with E-state index in [4.69, 9.17) is 5.73 Å². The second kappa shape index (κ2) is 9.84. The van der Waals surface area contributed by atoms with E-state index in [-0.39, 0.29) is 28.8 Å². The number of carbonyl (C=O) groups is 3. The minimum Gasteiger partial charge on any atom is -0.366 e. The van der Waals surface area contributed by atoms with Gasteiger partial charge in [0.2, 0.25) is 5.91 Å². The highest BCUT2D eigenvalue weighted by Crippen LogP contribution is 2.40. The highest BCUT2D eigenvalue weighted by atomic mass is 19.4. The predicted molar refractivity (Wildman–Crippen MR) is 121 cm³/mol. The molecule has 198 valence electrons. The van der Waals surface area contributed by atoms with Crippen LogP contribution in [0.25, 0.3) is 0 Å². The van der Waals surface area contributed by atoms with Crippen molar-refractivity contribution in [1.82, 2.24) is 4.90 Å². The summed E-state index contributed by atoms with van der Waals surface area (Å²) in [6.45, 7) is 0.968. The largest absolute Gasteiger partial charge is 0.493 e. The van der Waals surface area contributed by atoms with Gasteiger partial charge >= 0.3 is 12.1 Å². The zero-order valence-electron chi connectivity index (χ0n) is 19.4. The van der Waals surface area contributed by atoms with Gasteiger partial charge in [-0.15, -0.1) is 5.17 Å². The zero-order chi connectivity index (χ0) is 27.1. The molecule has 2 aliphatic heterocycles. The Labute approximate surface area is 207 Å². The number of amides is 2. The second-order valence-corrected chi connectivity index (χ2v) is 8.79. The number of halogens is 5. The number of anilines is 3. The molecule has 0 bridgehead atoms. The Bertz CT molecular complexity index is 1250. The lowest BCUT2D eigenvalue weighted by Gasteiger charge is -2.30. The maximum absolute atomic E-state index is 15.0. The summed E-state index contributed by atoms with van der Waals surface area (Å²) in [7, 11) is 1.87. The van der Waals surface area contributed by atoms with Gasteiger partial charge in [0.05, 0.1) is 29.4 Å². The number of hydrogen-bond acceptors (Lipinski definition) is 7. The molecule has 2 heterocycles. The van der Waals surface area contributed by atoms with E-state index in [1.54, 1.807) is 0 Å². The van der Waals surface area contributed by atoms with Crippen LogP contribution in [0.4, 0.5) is 39.0 Å². The van der Waals surface area contributed by atoms with Gasteiger partial charge in [-0.1, -0.05) is 0 Å². The summed E-state index contributed by atoms with van der Waals surface area (Å²) in [4.78, 5) is 42.6. The summed E-state index contributed by atoms with van der Waals surface area (Å²) in [6.07, 6.45) is -3.96. The van der Waals surface area contributed by atoms with Gasteiger partial charge in [0.15, 0.2) is 0 Å². The molecule has 2 aliphatic rings. The number of likely N-dealkylation sites (tertiary alicyclic amines) is 1. The maximum Gasteiger partial charge on any atom is 0.493 e. The molecule has 2 aromatic carbocycles. The molecule has 0 radical (unpaired) electrons. The zero-order valence-corrected chi connectivity index (χ0v) is 19.4. The summed E-state index contributed by atoms with van der Waals surface area (Å²) >= 11 is 0. The number of nitrogens with one attached hydrogen (secondary N) is 1. The fraction of sp³-hybridized carbons (Fsp3) is 0.348. The molecule has 0 unspecified atom stereocenters. The van der Waals surface area contributed by atoms with Gasteiger partial charge in [0.1, 0.15) is 17.3 Å². The van der Waals surface area contributed by atoms with Crippen LogP contribution in [-0.2, 0) is 21.0 Å². The molecule has 0 spiro atoms. The monoisotopic (exact) mass is 527 g/mol. The molecular formula is C23H22F5N5O4. The van der Waals surface area contributed by atoms with Gasteiger partial charge < -0.3 is 20.8 Å². The number of carbonyl (C=O) groups excluding carboxylic acids is 3. The molecule has 1 atom stereocenters. The Morgan fingerprint density at radius 1 is 1.14 bits per heavy atom. The van der Waals surface area contributed by atoms with E-state index in [1.807, 2.05) is 11.9 Å². The van der Waals surface area contributed by atoms with Crippen LogP contribution >= 0.6 is 0 Å². The van der Waals surface area contributed by atoms with Crippen molar-refractivity contribution in [3.63, 3.8) is 0 Å². The SMILES string of the molecule is CN1CCC[C@@H](C(=O)Nc2ccc(N3Cc4cc(F)cc(C(N)=O)c4N3OC(=O)C(F)(F)F)cc2F)C1. The van der Waals surface area contributed by atoms with E-state index in [9.17, 15) is 36.3 Å². The number of nitrogens with two attached hydrogens (primary N) is 1. The number of hydrogen-bond donors (Lipinski definition) is 2. The minimum absolute atomic E-state index is 0.0389. The normalized spacial score (nSPS) is 17.9. The molecule has 2 amide bonds. The maximum atomic E-state index is 15.0. The van der Waals surface area contributed by atoms with E-state index in [1.165, 1.54) is 12.1 Å². The molecule has 4 rings (SSSR count). The summed E-state index contributed by atoms with van der Waals surface area (Å²) in [6, 6.07) is 4.94. The van der Waals surface area contributed by atoms with E-state index >= 15 is 0 Å². The summed E-state index contributed by atoms with van der Waals surface area (Å²) in [5.74, 6) is -6.38. The van der Waals surface area contributed by atoms with Gasteiger partial charge in [-0.25, -0.2) is 18.6 Å². The first-order valence-corrected chi connectivity index (χ1v) is 11.1. The Hall–Kier alpha value is -3.94. The fourth-order valence-corrected chi connectivity index (χ4v) is 4.34. The number of primary amides is 1. The highest BCUT2D eigenvalue weighted by Gasteiger charge is 2.46. The molecule has 9 nitrogen and oxygen atoms in total. The number of benzene rings is 2. The van der Waals surface area contributed by atoms with Crippen molar-refractivity contribution in [3.05, 3.63) is 53.1 Å². The van der Waals surface area contributed by atoms with Gasteiger partial charge in [-0.05, 0) is 50.7 Å². The summed E-state index contributed by atoms with van der Waals surface area (Å²) in [5, 5.41) is 3.74. The molecule has 1 saturated heterocycles. The first-order valence-electron chi connectivity index (χ1n) is 11.1. The summed E-state index contributed by atoms with van der Waals surface area (Å²) < 4.78 is 68.0. The lowest BCUT2D eigenvalue weighted by molar-refractivity contribution is -0.201. The number of fused-ring (bicyclic) bond motifs is 1. The molecule has 3 N–H and O–H groups in total. The second-order valence-electron chi connectivity index (χ2n) is 8.79. The van der Waals surface area contributed by atoms with Crippen LogP contribution < -0.4 is 21.2 Å². The first-order chi connectivity index (χ1) is 17.3. The Balaban J connectivity index is 1.65. The quantitative estimate of drug-likeness (QED) is 0.576. The van der Waals surface area contributed by atoms with Gasteiger partial charge in [0, 0.05) is 18.2 Å². The predicted octanol–water partition coefficient (Wildman–Crippen LogP) is 3.11. The number of piperidine rings is 1. The van der Waals surface area contributed by atoms with Crippen molar-refractivity contribution in [1.29, 1.82) is 0 Å². The Kier molecular flexibility index (Phi) is 6.95. The van der Waals surface area contributed by atoms with Crippen molar-refractivity contribution >= 4 is 34.8 Å². The lowest BCUT2D eigenvalue weighted by Crippen LogP contribution is -2.43. The van der Waals surface area contributed by atoms with Gasteiger partial charge in [0.25, 0.3) is 5.91 Å². The van der Waals surface area contributed by atoms with Crippen LogP contribution in [-0.4, -0.2) is 49.0 Å². The third-order valence-electron chi connectivity index (χ3n) is 6.05.